The number of rotatable bonds is 0. The molecule has 3 rings (SSSR count). The van der Waals surface area contributed by atoms with Crippen molar-refractivity contribution in [2.45, 2.75) is 51.0 Å². The lowest BCUT2D eigenvalue weighted by atomic mass is 9.87. The Labute approximate surface area is 85.8 Å². The van der Waals surface area contributed by atoms with Crippen molar-refractivity contribution < 1.29 is 4.57 Å². The highest BCUT2D eigenvalue weighted by atomic mass is 15.1. The van der Waals surface area contributed by atoms with E-state index in [1.165, 1.54) is 12.8 Å². The zero-order valence-electron chi connectivity index (χ0n) is 9.25. The Hall–Kier alpha value is -0.850. The van der Waals surface area contributed by atoms with Crippen molar-refractivity contribution in [3.05, 3.63) is 29.6 Å². The first-order chi connectivity index (χ1) is 6.62. The Morgan fingerprint density at radius 3 is 2.14 bits per heavy atom. The summed E-state index contributed by atoms with van der Waals surface area (Å²) in [5.74, 6) is 1.49. The third-order valence-electron chi connectivity index (χ3n) is 4.09. The Morgan fingerprint density at radius 2 is 1.64 bits per heavy atom. The van der Waals surface area contributed by atoms with Gasteiger partial charge >= 0.3 is 0 Å². The van der Waals surface area contributed by atoms with Gasteiger partial charge in [-0.05, 0) is 6.07 Å². The molecule has 0 radical (unpaired) electrons. The highest BCUT2D eigenvalue weighted by Crippen LogP contribution is 2.44. The number of aromatic nitrogens is 1. The van der Waals surface area contributed by atoms with Crippen LogP contribution in [0.4, 0.5) is 0 Å². The second-order valence-corrected chi connectivity index (χ2v) is 5.42. The van der Waals surface area contributed by atoms with Crippen LogP contribution >= 0.6 is 0 Å². The van der Waals surface area contributed by atoms with Crippen molar-refractivity contribution in [1.29, 1.82) is 0 Å². The van der Waals surface area contributed by atoms with E-state index in [0.717, 1.165) is 11.8 Å². The number of hydrogen-bond donors (Lipinski definition) is 0. The molecule has 0 fully saturated rings. The Kier molecular flexibility index (Phi) is 1.44. The predicted octanol–water partition coefficient (Wildman–Crippen LogP) is 2.70. The van der Waals surface area contributed by atoms with Gasteiger partial charge < -0.3 is 0 Å². The van der Waals surface area contributed by atoms with E-state index in [2.05, 4.69) is 43.5 Å². The van der Waals surface area contributed by atoms with Crippen molar-refractivity contribution >= 4 is 0 Å². The molecular formula is C13H18N+. The van der Waals surface area contributed by atoms with E-state index in [1.807, 2.05) is 0 Å². The fourth-order valence-corrected chi connectivity index (χ4v) is 3.73. The van der Waals surface area contributed by atoms with E-state index in [4.69, 9.17) is 0 Å². The molecule has 0 N–H and O–H groups in total. The minimum Gasteiger partial charge on any atom is -0.194 e. The maximum absolute atomic E-state index is 2.61. The largest absolute Gasteiger partial charge is 0.194 e. The Bertz CT molecular complexity index is 364. The van der Waals surface area contributed by atoms with Crippen LogP contribution in [0.25, 0.3) is 0 Å². The van der Waals surface area contributed by atoms with Crippen LogP contribution in [0.5, 0.6) is 0 Å². The lowest BCUT2D eigenvalue weighted by Gasteiger charge is -2.12. The molecule has 2 atom stereocenters. The van der Waals surface area contributed by atoms with Crippen LogP contribution in [0, 0.1) is 0 Å². The predicted molar refractivity (Wildman–Crippen MR) is 56.3 cm³/mol. The summed E-state index contributed by atoms with van der Waals surface area (Å²) >= 11 is 0. The Balaban J connectivity index is 2.31. The summed E-state index contributed by atoms with van der Waals surface area (Å²) in [6.45, 7) is 7.14. The van der Waals surface area contributed by atoms with Crippen LogP contribution < -0.4 is 4.57 Å². The second kappa shape index (κ2) is 2.39. The zero-order chi connectivity index (χ0) is 9.92. The molecule has 0 saturated carbocycles. The second-order valence-electron chi connectivity index (χ2n) is 5.42. The molecule has 3 heterocycles. The molecule has 0 bridgehead atoms. The van der Waals surface area contributed by atoms with E-state index in [0.29, 0.717) is 5.54 Å². The van der Waals surface area contributed by atoms with E-state index < -0.39 is 0 Å². The topological polar surface area (TPSA) is 3.88 Å². The van der Waals surface area contributed by atoms with Gasteiger partial charge in [0.15, 0.2) is 16.9 Å². The van der Waals surface area contributed by atoms with Crippen LogP contribution in [0.2, 0.25) is 0 Å². The fourth-order valence-electron chi connectivity index (χ4n) is 3.73. The van der Waals surface area contributed by atoms with Crippen LogP contribution in [0.3, 0.4) is 0 Å². The zero-order valence-corrected chi connectivity index (χ0v) is 9.25. The van der Waals surface area contributed by atoms with Gasteiger partial charge in [0.05, 0.1) is 0 Å². The third kappa shape index (κ3) is 0.832. The van der Waals surface area contributed by atoms with Crippen LogP contribution in [0.1, 0.15) is 56.8 Å². The summed E-state index contributed by atoms with van der Waals surface area (Å²) in [5.41, 5.74) is 3.52. The first kappa shape index (κ1) is 8.46. The molecule has 0 amide bonds. The van der Waals surface area contributed by atoms with Crippen LogP contribution in [0.15, 0.2) is 18.2 Å². The molecule has 1 nitrogen and oxygen atoms in total. The van der Waals surface area contributed by atoms with Crippen molar-refractivity contribution in [2.24, 2.45) is 0 Å². The molecule has 74 valence electrons. The van der Waals surface area contributed by atoms with Gasteiger partial charge in [-0.25, -0.2) is 0 Å². The summed E-state index contributed by atoms with van der Waals surface area (Å²) in [6.07, 6.45) is 2.66. The van der Waals surface area contributed by atoms with Crippen LogP contribution in [-0.2, 0) is 5.54 Å². The normalized spacial score (nSPS) is 38.8. The number of pyridine rings is 1. The molecule has 0 aromatic carbocycles. The minimum absolute atomic E-state index is 0.421. The van der Waals surface area contributed by atoms with Gasteiger partial charge in [-0.3, -0.25) is 0 Å². The lowest BCUT2D eigenvalue weighted by molar-refractivity contribution is -0.747. The van der Waals surface area contributed by atoms with Crippen LogP contribution in [-0.4, -0.2) is 0 Å². The molecular weight excluding hydrogens is 170 g/mol. The SMILES string of the molecule is CC1CC2(C)CC(C)c3cccc1[n+]32. The average Bonchev–Trinajstić information content (AvgIpc) is 2.52. The van der Waals surface area contributed by atoms with Gasteiger partial charge in [0.2, 0.25) is 0 Å². The van der Waals surface area contributed by atoms with Crippen molar-refractivity contribution in [3.8, 4) is 0 Å². The van der Waals surface area contributed by atoms with E-state index >= 15 is 0 Å². The van der Waals surface area contributed by atoms with Gasteiger partial charge in [0.25, 0.3) is 0 Å². The number of hydrogen-bond acceptors (Lipinski definition) is 0. The average molecular weight is 188 g/mol. The molecule has 14 heavy (non-hydrogen) atoms. The van der Waals surface area contributed by atoms with E-state index in [9.17, 15) is 0 Å². The summed E-state index contributed by atoms with van der Waals surface area (Å²) < 4.78 is 2.61. The first-order valence-corrected chi connectivity index (χ1v) is 5.67. The van der Waals surface area contributed by atoms with Gasteiger partial charge in [-0.15, -0.1) is 0 Å². The van der Waals surface area contributed by atoms with Crippen molar-refractivity contribution in [1.82, 2.24) is 0 Å². The molecule has 1 aromatic heterocycles. The van der Waals surface area contributed by atoms with Gasteiger partial charge in [-0.1, -0.05) is 13.8 Å². The maximum Gasteiger partial charge on any atom is 0.185 e. The van der Waals surface area contributed by atoms with E-state index in [1.54, 1.807) is 11.4 Å². The summed E-state index contributed by atoms with van der Waals surface area (Å²) in [6, 6.07) is 6.83. The molecule has 2 unspecified atom stereocenters. The standard InChI is InChI=1S/C13H18N/c1-9-7-13(3)8-10(2)12-6-4-5-11(9)14(12)13/h4-6,9-10H,7-8H2,1-3H3/q+1. The monoisotopic (exact) mass is 188 g/mol. The third-order valence-corrected chi connectivity index (χ3v) is 4.09. The fraction of sp³-hybridized carbons (Fsp3) is 0.615. The van der Waals surface area contributed by atoms with Gasteiger partial charge in [-0.2, -0.15) is 4.57 Å². The summed E-state index contributed by atoms with van der Waals surface area (Å²) in [5, 5.41) is 0. The molecule has 2 aliphatic heterocycles. The quantitative estimate of drug-likeness (QED) is 0.551. The highest BCUT2D eigenvalue weighted by Gasteiger charge is 2.54. The Morgan fingerprint density at radius 1 is 1.14 bits per heavy atom. The number of nitrogens with zero attached hydrogens (tertiary/aromatic N) is 1. The molecule has 2 aliphatic rings. The molecule has 0 saturated heterocycles. The summed E-state index contributed by atoms with van der Waals surface area (Å²) in [4.78, 5) is 0. The van der Waals surface area contributed by atoms with Crippen molar-refractivity contribution in [2.75, 3.05) is 0 Å². The molecule has 0 spiro atoms. The first-order valence-electron chi connectivity index (χ1n) is 5.67. The lowest BCUT2D eigenvalue weighted by Crippen LogP contribution is -2.49. The minimum atomic E-state index is 0.421. The van der Waals surface area contributed by atoms with E-state index in [-0.39, 0.29) is 0 Å². The maximum atomic E-state index is 2.61. The van der Waals surface area contributed by atoms with Crippen molar-refractivity contribution in [3.63, 3.8) is 0 Å². The summed E-state index contributed by atoms with van der Waals surface area (Å²) in [7, 11) is 0. The molecule has 0 aliphatic carbocycles. The van der Waals surface area contributed by atoms with Gasteiger partial charge in [0, 0.05) is 43.7 Å². The smallest absolute Gasteiger partial charge is 0.185 e. The molecule has 1 aromatic rings. The van der Waals surface area contributed by atoms with Gasteiger partial charge in [0.1, 0.15) is 0 Å². The highest BCUT2D eigenvalue weighted by molar-refractivity contribution is 5.17. The molecule has 1 heteroatoms.